The van der Waals surface area contributed by atoms with Crippen molar-refractivity contribution < 1.29 is 5.11 Å². The van der Waals surface area contributed by atoms with Crippen molar-refractivity contribution in [3.05, 3.63) is 48.3 Å². The molecule has 1 saturated carbocycles. The van der Waals surface area contributed by atoms with Gasteiger partial charge in [0.2, 0.25) is 0 Å². The van der Waals surface area contributed by atoms with E-state index in [2.05, 4.69) is 17.2 Å². The first-order valence-corrected chi connectivity index (χ1v) is 6.22. The monoisotopic (exact) mass is 243 g/mol. The number of aliphatic hydroxyl groups is 1. The highest BCUT2D eigenvalue weighted by molar-refractivity contribution is 5.38. The quantitative estimate of drug-likeness (QED) is 0.852. The fourth-order valence-electron chi connectivity index (χ4n) is 2.75. The molecule has 0 unspecified atom stereocenters. The van der Waals surface area contributed by atoms with Gasteiger partial charge >= 0.3 is 0 Å². The van der Waals surface area contributed by atoms with Crippen molar-refractivity contribution in [2.75, 3.05) is 6.54 Å². The molecule has 0 aliphatic heterocycles. The number of rotatable bonds is 3. The summed E-state index contributed by atoms with van der Waals surface area (Å²) in [5.41, 5.74) is 8.09. The van der Waals surface area contributed by atoms with Crippen LogP contribution in [0.25, 0.3) is 5.69 Å². The Morgan fingerprint density at radius 3 is 2.56 bits per heavy atom. The molecule has 1 aromatic carbocycles. The van der Waals surface area contributed by atoms with Crippen molar-refractivity contribution in [2.24, 2.45) is 5.73 Å². The summed E-state index contributed by atoms with van der Waals surface area (Å²) < 4.78 is 1.83. The van der Waals surface area contributed by atoms with Gasteiger partial charge in [-0.3, -0.25) is 0 Å². The smallest absolute Gasteiger partial charge is 0.0645 e. The Kier molecular flexibility index (Phi) is 2.69. The number of nitrogens with two attached hydrogens (primary N) is 1. The SMILES string of the molecule is NCC1(c2ccc(-n3cccn3)cc2)CC(O)C1. The lowest BCUT2D eigenvalue weighted by atomic mass is 9.63. The fourth-order valence-corrected chi connectivity index (χ4v) is 2.75. The van der Waals surface area contributed by atoms with Crippen molar-refractivity contribution in [3.8, 4) is 5.69 Å². The molecule has 18 heavy (non-hydrogen) atoms. The molecule has 1 aromatic heterocycles. The Bertz CT molecular complexity index is 512. The van der Waals surface area contributed by atoms with Crippen molar-refractivity contribution in [3.63, 3.8) is 0 Å². The van der Waals surface area contributed by atoms with Gasteiger partial charge in [-0.05, 0) is 36.6 Å². The third-order valence-electron chi connectivity index (χ3n) is 3.89. The first kappa shape index (κ1) is 11.4. The van der Waals surface area contributed by atoms with Crippen LogP contribution in [-0.4, -0.2) is 27.5 Å². The fraction of sp³-hybridized carbons (Fsp3) is 0.357. The van der Waals surface area contributed by atoms with E-state index >= 15 is 0 Å². The molecule has 0 amide bonds. The Hall–Kier alpha value is -1.65. The molecule has 4 nitrogen and oxygen atoms in total. The highest BCUT2D eigenvalue weighted by atomic mass is 16.3. The molecular formula is C14H17N3O. The Balaban J connectivity index is 1.87. The summed E-state index contributed by atoms with van der Waals surface area (Å²) in [4.78, 5) is 0. The van der Waals surface area contributed by atoms with E-state index in [0.29, 0.717) is 6.54 Å². The third kappa shape index (κ3) is 1.74. The lowest BCUT2D eigenvalue weighted by molar-refractivity contribution is 0.0222. The molecule has 0 atom stereocenters. The van der Waals surface area contributed by atoms with Crippen LogP contribution in [0.5, 0.6) is 0 Å². The molecule has 1 aliphatic rings. The number of aliphatic hydroxyl groups excluding tert-OH is 1. The summed E-state index contributed by atoms with van der Waals surface area (Å²) >= 11 is 0. The van der Waals surface area contributed by atoms with E-state index < -0.39 is 0 Å². The molecule has 3 rings (SSSR count). The summed E-state index contributed by atoms with van der Waals surface area (Å²) in [5.74, 6) is 0. The van der Waals surface area contributed by atoms with Gasteiger partial charge in [-0.2, -0.15) is 5.10 Å². The van der Waals surface area contributed by atoms with Crippen molar-refractivity contribution >= 4 is 0 Å². The molecule has 1 aliphatic carbocycles. The van der Waals surface area contributed by atoms with E-state index in [-0.39, 0.29) is 11.5 Å². The summed E-state index contributed by atoms with van der Waals surface area (Å²) in [6.07, 6.45) is 5.02. The van der Waals surface area contributed by atoms with Crippen LogP contribution in [0.15, 0.2) is 42.7 Å². The zero-order valence-corrected chi connectivity index (χ0v) is 10.2. The summed E-state index contributed by atoms with van der Waals surface area (Å²) in [7, 11) is 0. The summed E-state index contributed by atoms with van der Waals surface area (Å²) in [6, 6.07) is 10.2. The van der Waals surface area contributed by atoms with Crippen molar-refractivity contribution in [1.29, 1.82) is 0 Å². The normalized spacial score (nSPS) is 26.9. The van der Waals surface area contributed by atoms with Crippen LogP contribution in [-0.2, 0) is 5.41 Å². The van der Waals surface area contributed by atoms with Crippen LogP contribution in [0, 0.1) is 0 Å². The largest absolute Gasteiger partial charge is 0.393 e. The molecular weight excluding hydrogens is 226 g/mol. The van der Waals surface area contributed by atoms with Crippen LogP contribution in [0.3, 0.4) is 0 Å². The minimum atomic E-state index is -0.195. The van der Waals surface area contributed by atoms with Gasteiger partial charge in [-0.1, -0.05) is 12.1 Å². The number of hydrogen-bond acceptors (Lipinski definition) is 3. The molecule has 94 valence electrons. The minimum Gasteiger partial charge on any atom is -0.393 e. The van der Waals surface area contributed by atoms with Gasteiger partial charge in [0.05, 0.1) is 11.8 Å². The zero-order chi connectivity index (χ0) is 12.6. The van der Waals surface area contributed by atoms with E-state index in [1.54, 1.807) is 6.20 Å². The molecule has 0 spiro atoms. The molecule has 0 bridgehead atoms. The van der Waals surface area contributed by atoms with Crippen LogP contribution < -0.4 is 5.73 Å². The van der Waals surface area contributed by atoms with Gasteiger partial charge in [-0.15, -0.1) is 0 Å². The highest BCUT2D eigenvalue weighted by Crippen LogP contribution is 2.43. The van der Waals surface area contributed by atoms with Crippen molar-refractivity contribution in [2.45, 2.75) is 24.4 Å². The Morgan fingerprint density at radius 1 is 1.33 bits per heavy atom. The first-order chi connectivity index (χ1) is 8.73. The molecule has 1 fully saturated rings. The average Bonchev–Trinajstić information content (AvgIpc) is 2.89. The molecule has 0 saturated heterocycles. The van der Waals surface area contributed by atoms with Gasteiger partial charge in [0.15, 0.2) is 0 Å². The molecule has 4 heteroatoms. The highest BCUT2D eigenvalue weighted by Gasteiger charge is 2.43. The first-order valence-electron chi connectivity index (χ1n) is 6.22. The van der Waals surface area contributed by atoms with Gasteiger partial charge < -0.3 is 10.8 Å². The number of aromatic nitrogens is 2. The van der Waals surface area contributed by atoms with Gasteiger partial charge in [0.25, 0.3) is 0 Å². The number of benzene rings is 1. The van der Waals surface area contributed by atoms with Crippen LogP contribution in [0.2, 0.25) is 0 Å². The minimum absolute atomic E-state index is 0.0257. The molecule has 2 aromatic rings. The zero-order valence-electron chi connectivity index (χ0n) is 10.2. The van der Waals surface area contributed by atoms with Gasteiger partial charge in [-0.25, -0.2) is 4.68 Å². The average molecular weight is 243 g/mol. The second-order valence-electron chi connectivity index (χ2n) is 5.04. The molecule has 3 N–H and O–H groups in total. The predicted molar refractivity (Wildman–Crippen MR) is 69.5 cm³/mol. The lowest BCUT2D eigenvalue weighted by Crippen LogP contribution is -2.49. The van der Waals surface area contributed by atoms with E-state index in [0.717, 1.165) is 18.5 Å². The second kappa shape index (κ2) is 4.23. The van der Waals surface area contributed by atoms with Gasteiger partial charge in [0, 0.05) is 24.4 Å². The maximum Gasteiger partial charge on any atom is 0.0645 e. The van der Waals surface area contributed by atoms with E-state index in [1.807, 2.05) is 29.1 Å². The lowest BCUT2D eigenvalue weighted by Gasteiger charge is -2.45. The van der Waals surface area contributed by atoms with Crippen LogP contribution in [0.1, 0.15) is 18.4 Å². The Morgan fingerprint density at radius 2 is 2.06 bits per heavy atom. The third-order valence-corrected chi connectivity index (χ3v) is 3.89. The number of hydrogen-bond donors (Lipinski definition) is 2. The number of nitrogens with zero attached hydrogens (tertiary/aromatic N) is 2. The van der Waals surface area contributed by atoms with Crippen LogP contribution >= 0.6 is 0 Å². The van der Waals surface area contributed by atoms with Crippen molar-refractivity contribution in [1.82, 2.24) is 9.78 Å². The topological polar surface area (TPSA) is 64.1 Å². The van der Waals surface area contributed by atoms with Gasteiger partial charge in [0.1, 0.15) is 0 Å². The molecule has 1 heterocycles. The van der Waals surface area contributed by atoms with E-state index in [4.69, 9.17) is 5.73 Å². The second-order valence-corrected chi connectivity index (χ2v) is 5.04. The maximum atomic E-state index is 9.51. The summed E-state index contributed by atoms with van der Waals surface area (Å²) in [6.45, 7) is 0.588. The van der Waals surface area contributed by atoms with Crippen LogP contribution in [0.4, 0.5) is 0 Å². The van der Waals surface area contributed by atoms with E-state index in [1.165, 1.54) is 5.56 Å². The standard InChI is InChI=1S/C14H17N3O/c15-10-14(8-13(18)9-14)11-2-4-12(5-3-11)17-7-1-6-16-17/h1-7,13,18H,8-10,15H2. The maximum absolute atomic E-state index is 9.51. The predicted octanol–water partition coefficient (Wildman–Crippen LogP) is 1.22. The Labute approximate surface area is 106 Å². The molecule has 0 radical (unpaired) electrons. The van der Waals surface area contributed by atoms with E-state index in [9.17, 15) is 5.11 Å². The summed E-state index contributed by atoms with van der Waals surface area (Å²) in [5, 5.41) is 13.7.